The summed E-state index contributed by atoms with van der Waals surface area (Å²) in [6, 6.07) is 5.31. The zero-order valence-corrected chi connectivity index (χ0v) is 19.6. The van der Waals surface area contributed by atoms with E-state index in [1.54, 1.807) is 0 Å². The van der Waals surface area contributed by atoms with Crippen LogP contribution in [0.25, 0.3) is 0 Å². The first-order chi connectivity index (χ1) is 16.9. The van der Waals surface area contributed by atoms with Crippen LogP contribution in [0.3, 0.4) is 0 Å². The Labute approximate surface area is 207 Å². The molecule has 192 valence electrons. The summed E-state index contributed by atoms with van der Waals surface area (Å²) in [5, 5.41) is 14.8. The summed E-state index contributed by atoms with van der Waals surface area (Å²) in [5.41, 5.74) is -2.19. The predicted octanol–water partition coefficient (Wildman–Crippen LogP) is 3.13. The molecule has 0 bridgehead atoms. The number of nitrogens with zero attached hydrogens (tertiary/aromatic N) is 1. The molecule has 1 fully saturated rings. The maximum atomic E-state index is 14.1. The number of carboxylic acid groups (broad SMARTS) is 1. The number of thioether (sulfide) groups is 1. The van der Waals surface area contributed by atoms with E-state index in [1.807, 2.05) is 0 Å². The average molecular weight is 527 g/mol. The molecule has 0 saturated carbocycles. The van der Waals surface area contributed by atoms with Gasteiger partial charge in [0, 0.05) is 30.7 Å². The van der Waals surface area contributed by atoms with Crippen LogP contribution in [0.5, 0.6) is 0 Å². The SMILES string of the molecule is CC(=O)N(C(=O)[C@@H]1CSCN1)[C@@H](Cc1ccc(NC(=O)c2c(F)cccc2C(F)(F)F)cc1)C(=O)O. The number of alkyl halides is 3. The molecule has 0 spiro atoms. The molecule has 1 saturated heterocycles. The van der Waals surface area contributed by atoms with Crippen molar-refractivity contribution < 1.29 is 41.8 Å². The Kier molecular flexibility index (Phi) is 8.35. The van der Waals surface area contributed by atoms with Crippen molar-refractivity contribution in [3.63, 3.8) is 0 Å². The first-order valence-electron chi connectivity index (χ1n) is 10.5. The summed E-state index contributed by atoms with van der Waals surface area (Å²) in [4.78, 5) is 50.0. The van der Waals surface area contributed by atoms with Crippen LogP contribution in [-0.2, 0) is 27.0 Å². The quantitative estimate of drug-likeness (QED) is 0.474. The van der Waals surface area contributed by atoms with Crippen molar-refractivity contribution in [1.29, 1.82) is 0 Å². The number of carbonyl (C=O) groups excluding carboxylic acids is 3. The molecule has 2 atom stereocenters. The summed E-state index contributed by atoms with van der Waals surface area (Å²) in [6.45, 7) is 1.09. The fourth-order valence-corrected chi connectivity index (χ4v) is 4.60. The van der Waals surface area contributed by atoms with Crippen molar-refractivity contribution in [2.24, 2.45) is 0 Å². The highest BCUT2D eigenvalue weighted by atomic mass is 32.2. The van der Waals surface area contributed by atoms with E-state index in [1.165, 1.54) is 36.0 Å². The number of benzene rings is 2. The molecule has 0 aromatic heterocycles. The highest BCUT2D eigenvalue weighted by Gasteiger charge is 2.38. The van der Waals surface area contributed by atoms with Crippen molar-refractivity contribution in [2.45, 2.75) is 31.6 Å². The van der Waals surface area contributed by atoms with Gasteiger partial charge in [-0.05, 0) is 29.8 Å². The molecule has 2 aromatic carbocycles. The number of carboxylic acids is 1. The fraction of sp³-hybridized carbons (Fsp3) is 0.304. The van der Waals surface area contributed by atoms with Gasteiger partial charge >= 0.3 is 12.1 Å². The van der Waals surface area contributed by atoms with Crippen molar-refractivity contribution in [3.8, 4) is 0 Å². The van der Waals surface area contributed by atoms with Crippen LogP contribution in [0.1, 0.15) is 28.4 Å². The van der Waals surface area contributed by atoms with E-state index < -0.39 is 58.9 Å². The number of halogens is 4. The van der Waals surface area contributed by atoms with E-state index in [0.29, 0.717) is 28.2 Å². The van der Waals surface area contributed by atoms with Gasteiger partial charge in [0.1, 0.15) is 11.9 Å². The molecule has 3 rings (SSSR count). The summed E-state index contributed by atoms with van der Waals surface area (Å²) in [5.74, 6) is -4.57. The van der Waals surface area contributed by atoms with Gasteiger partial charge in [-0.1, -0.05) is 18.2 Å². The number of anilines is 1. The van der Waals surface area contributed by atoms with Gasteiger partial charge in [-0.2, -0.15) is 13.2 Å². The monoisotopic (exact) mass is 527 g/mol. The molecule has 0 unspecified atom stereocenters. The molecule has 1 aliphatic rings. The molecule has 0 aliphatic carbocycles. The lowest BCUT2D eigenvalue weighted by atomic mass is 10.0. The lowest BCUT2D eigenvalue weighted by molar-refractivity contribution is -0.157. The average Bonchev–Trinajstić information content (AvgIpc) is 3.33. The summed E-state index contributed by atoms with van der Waals surface area (Å²) in [7, 11) is 0. The van der Waals surface area contributed by atoms with Crippen molar-refractivity contribution in [1.82, 2.24) is 10.2 Å². The van der Waals surface area contributed by atoms with E-state index in [2.05, 4.69) is 10.6 Å². The molecule has 3 N–H and O–H groups in total. The minimum absolute atomic E-state index is 0.0266. The molecule has 36 heavy (non-hydrogen) atoms. The number of imide groups is 1. The van der Waals surface area contributed by atoms with E-state index in [0.717, 1.165) is 19.1 Å². The first kappa shape index (κ1) is 27.1. The molecule has 3 amide bonds. The van der Waals surface area contributed by atoms with E-state index >= 15 is 0 Å². The van der Waals surface area contributed by atoms with Crippen LogP contribution in [0.2, 0.25) is 0 Å². The third kappa shape index (κ3) is 6.21. The van der Waals surface area contributed by atoms with Gasteiger partial charge in [-0.25, -0.2) is 9.18 Å². The second-order valence-electron chi connectivity index (χ2n) is 7.87. The van der Waals surface area contributed by atoms with Crippen LogP contribution in [0, 0.1) is 5.82 Å². The maximum Gasteiger partial charge on any atom is 0.417 e. The minimum atomic E-state index is -4.95. The lowest BCUT2D eigenvalue weighted by Crippen LogP contribution is -2.54. The molecule has 1 heterocycles. The van der Waals surface area contributed by atoms with Crippen LogP contribution in [0.15, 0.2) is 42.5 Å². The smallest absolute Gasteiger partial charge is 0.417 e. The number of nitrogens with one attached hydrogen (secondary N) is 2. The Hall–Kier alpha value is -3.45. The van der Waals surface area contributed by atoms with Gasteiger partial charge in [-0.15, -0.1) is 11.8 Å². The predicted molar refractivity (Wildman–Crippen MR) is 123 cm³/mol. The van der Waals surface area contributed by atoms with Crippen molar-refractivity contribution >= 4 is 41.1 Å². The Morgan fingerprint density at radius 2 is 1.83 bits per heavy atom. The van der Waals surface area contributed by atoms with E-state index in [-0.39, 0.29) is 12.1 Å². The van der Waals surface area contributed by atoms with Gasteiger partial charge in [0.05, 0.1) is 17.2 Å². The van der Waals surface area contributed by atoms with Gasteiger partial charge in [-0.3, -0.25) is 24.6 Å². The minimum Gasteiger partial charge on any atom is -0.480 e. The summed E-state index contributed by atoms with van der Waals surface area (Å²) in [6.07, 6.45) is -5.20. The van der Waals surface area contributed by atoms with E-state index in [9.17, 15) is 41.8 Å². The first-order valence-corrected chi connectivity index (χ1v) is 11.7. The fourth-order valence-electron chi connectivity index (χ4n) is 3.67. The lowest BCUT2D eigenvalue weighted by Gasteiger charge is -2.28. The highest BCUT2D eigenvalue weighted by Crippen LogP contribution is 2.33. The summed E-state index contributed by atoms with van der Waals surface area (Å²) >= 11 is 1.43. The van der Waals surface area contributed by atoms with Crippen molar-refractivity contribution in [2.75, 3.05) is 16.9 Å². The maximum absolute atomic E-state index is 14.1. The molecule has 8 nitrogen and oxygen atoms in total. The number of hydrogen-bond acceptors (Lipinski definition) is 6. The van der Waals surface area contributed by atoms with Gasteiger partial charge < -0.3 is 10.4 Å². The van der Waals surface area contributed by atoms with Crippen LogP contribution in [-0.4, -0.2) is 57.4 Å². The topological polar surface area (TPSA) is 116 Å². The number of amides is 3. The molecular weight excluding hydrogens is 506 g/mol. The van der Waals surface area contributed by atoms with Crippen LogP contribution < -0.4 is 10.6 Å². The molecule has 2 aromatic rings. The van der Waals surface area contributed by atoms with Gasteiger partial charge in [0.2, 0.25) is 11.8 Å². The largest absolute Gasteiger partial charge is 0.480 e. The molecular formula is C23H21F4N3O5S. The second kappa shape index (κ2) is 11.1. The highest BCUT2D eigenvalue weighted by molar-refractivity contribution is 7.99. The second-order valence-corrected chi connectivity index (χ2v) is 8.90. The molecule has 0 radical (unpaired) electrons. The number of hydrogen-bond donors (Lipinski definition) is 3. The van der Waals surface area contributed by atoms with Crippen LogP contribution >= 0.6 is 11.8 Å². The van der Waals surface area contributed by atoms with Crippen molar-refractivity contribution in [3.05, 3.63) is 65.0 Å². The Bertz CT molecular complexity index is 1170. The third-order valence-electron chi connectivity index (χ3n) is 5.37. The van der Waals surface area contributed by atoms with E-state index in [4.69, 9.17) is 0 Å². The van der Waals surface area contributed by atoms with Gasteiger partial charge in [0.25, 0.3) is 5.91 Å². The van der Waals surface area contributed by atoms with Gasteiger partial charge in [0.15, 0.2) is 0 Å². The third-order valence-corrected chi connectivity index (χ3v) is 6.31. The Morgan fingerprint density at radius 3 is 2.36 bits per heavy atom. The standard InChI is InChI=1S/C23H21F4N3O5S/c1-12(31)30(21(33)17-10-36-11-28-17)18(22(34)35)9-13-5-7-14(8-6-13)29-20(32)19-15(23(25,26)27)3-2-4-16(19)24/h2-8,17-18,28H,9-11H2,1H3,(H,29,32)(H,34,35)/t17-,18-/m0/s1. The molecule has 13 heteroatoms. The normalized spacial score (nSPS) is 16.3. The Balaban J connectivity index is 1.78. The number of carbonyl (C=O) groups is 4. The number of rotatable bonds is 7. The molecule has 1 aliphatic heterocycles. The summed E-state index contributed by atoms with van der Waals surface area (Å²) < 4.78 is 53.6. The zero-order chi connectivity index (χ0) is 26.6. The zero-order valence-electron chi connectivity index (χ0n) is 18.8. The Morgan fingerprint density at radius 1 is 1.17 bits per heavy atom. The number of aliphatic carboxylic acids is 1. The van der Waals surface area contributed by atoms with Crippen LogP contribution in [0.4, 0.5) is 23.2 Å².